The molecule has 0 heterocycles. The zero-order chi connectivity index (χ0) is 16.9. The molecule has 1 saturated carbocycles. The predicted molar refractivity (Wildman–Crippen MR) is 86.3 cm³/mol. The standard InChI is InChI=1S/C16H16Cl2N2O3/c17-11-5-4-6-12(18)14(11)15(22)23-9-13(21)20-16(10-19)7-2-1-3-8-16/h4-6H,1-3,7-9H2,(H,20,21). The van der Waals surface area contributed by atoms with Crippen LogP contribution in [-0.2, 0) is 9.53 Å². The van der Waals surface area contributed by atoms with Crippen molar-refractivity contribution < 1.29 is 14.3 Å². The number of nitrogens with zero attached hydrogens (tertiary/aromatic N) is 1. The molecule has 1 amide bonds. The summed E-state index contributed by atoms with van der Waals surface area (Å²) in [6, 6.07) is 6.80. The van der Waals surface area contributed by atoms with Crippen molar-refractivity contribution in [2.24, 2.45) is 0 Å². The van der Waals surface area contributed by atoms with Crippen LogP contribution < -0.4 is 5.32 Å². The van der Waals surface area contributed by atoms with E-state index < -0.39 is 24.0 Å². The first-order valence-electron chi connectivity index (χ1n) is 7.31. The summed E-state index contributed by atoms with van der Waals surface area (Å²) < 4.78 is 4.95. The van der Waals surface area contributed by atoms with Crippen LogP contribution in [0, 0.1) is 11.3 Å². The van der Waals surface area contributed by atoms with Gasteiger partial charge in [-0.25, -0.2) is 4.79 Å². The minimum atomic E-state index is -0.857. The molecule has 122 valence electrons. The van der Waals surface area contributed by atoms with Crippen LogP contribution in [0.25, 0.3) is 0 Å². The lowest BCUT2D eigenvalue weighted by atomic mass is 9.83. The number of hydrogen-bond acceptors (Lipinski definition) is 4. The van der Waals surface area contributed by atoms with E-state index in [2.05, 4.69) is 11.4 Å². The van der Waals surface area contributed by atoms with Gasteiger partial charge >= 0.3 is 5.97 Å². The summed E-state index contributed by atoms with van der Waals surface area (Å²) in [5.74, 6) is -1.28. The lowest BCUT2D eigenvalue weighted by Crippen LogP contribution is -2.50. The third-order valence-electron chi connectivity index (χ3n) is 3.80. The number of nitrogens with one attached hydrogen (secondary N) is 1. The Labute approximate surface area is 144 Å². The molecule has 1 aliphatic rings. The maximum absolute atomic E-state index is 12.0. The SMILES string of the molecule is N#CC1(NC(=O)COC(=O)c2c(Cl)cccc2Cl)CCCCC1. The quantitative estimate of drug-likeness (QED) is 0.839. The van der Waals surface area contributed by atoms with Gasteiger partial charge in [-0.3, -0.25) is 4.79 Å². The van der Waals surface area contributed by atoms with Crippen molar-refractivity contribution in [3.05, 3.63) is 33.8 Å². The van der Waals surface area contributed by atoms with Crippen LogP contribution in [0.2, 0.25) is 10.0 Å². The van der Waals surface area contributed by atoms with Crippen molar-refractivity contribution in [2.45, 2.75) is 37.6 Å². The third kappa shape index (κ3) is 4.37. The average molecular weight is 355 g/mol. The second-order valence-corrected chi connectivity index (χ2v) is 6.29. The normalized spacial score (nSPS) is 16.2. The summed E-state index contributed by atoms with van der Waals surface area (Å²) in [7, 11) is 0. The molecule has 0 spiro atoms. The van der Waals surface area contributed by atoms with E-state index in [9.17, 15) is 14.9 Å². The van der Waals surface area contributed by atoms with Crippen LogP contribution in [0.4, 0.5) is 0 Å². The van der Waals surface area contributed by atoms with Crippen LogP contribution in [0.1, 0.15) is 42.5 Å². The molecule has 1 fully saturated rings. The second-order valence-electron chi connectivity index (χ2n) is 5.48. The topological polar surface area (TPSA) is 79.2 Å². The molecule has 0 saturated heterocycles. The van der Waals surface area contributed by atoms with Crippen molar-refractivity contribution in [1.82, 2.24) is 5.32 Å². The smallest absolute Gasteiger partial charge is 0.341 e. The molecule has 0 aromatic heterocycles. The maximum atomic E-state index is 12.0. The number of carbonyl (C=O) groups is 2. The first-order valence-corrected chi connectivity index (χ1v) is 8.06. The summed E-state index contributed by atoms with van der Waals surface area (Å²) in [6.07, 6.45) is 4.06. The van der Waals surface area contributed by atoms with Gasteiger partial charge in [-0.1, -0.05) is 48.5 Å². The van der Waals surface area contributed by atoms with E-state index in [4.69, 9.17) is 27.9 Å². The number of rotatable bonds is 4. The number of nitriles is 1. The molecule has 5 nitrogen and oxygen atoms in total. The summed E-state index contributed by atoms with van der Waals surface area (Å²) in [5, 5.41) is 12.3. The Morgan fingerprint density at radius 2 is 1.83 bits per heavy atom. The predicted octanol–water partition coefficient (Wildman–Crippen LogP) is 3.49. The van der Waals surface area contributed by atoms with E-state index in [1.165, 1.54) is 12.1 Å². The van der Waals surface area contributed by atoms with Gasteiger partial charge in [0.15, 0.2) is 6.61 Å². The van der Waals surface area contributed by atoms with Crippen molar-refractivity contribution >= 4 is 35.1 Å². The molecule has 7 heteroatoms. The number of benzene rings is 1. The van der Waals surface area contributed by atoms with Crippen LogP contribution in [0.3, 0.4) is 0 Å². The average Bonchev–Trinajstić information content (AvgIpc) is 2.53. The number of carbonyl (C=O) groups excluding carboxylic acids is 2. The molecule has 1 aromatic rings. The number of halogens is 2. The molecule has 0 aliphatic heterocycles. The van der Waals surface area contributed by atoms with Gasteiger partial charge in [-0.2, -0.15) is 5.26 Å². The number of amides is 1. The van der Waals surface area contributed by atoms with Gasteiger partial charge in [0.1, 0.15) is 5.54 Å². The van der Waals surface area contributed by atoms with Crippen molar-refractivity contribution in [3.63, 3.8) is 0 Å². The molecule has 23 heavy (non-hydrogen) atoms. The summed E-state index contributed by atoms with van der Waals surface area (Å²) in [5.41, 5.74) is -0.833. The lowest BCUT2D eigenvalue weighted by molar-refractivity contribution is -0.125. The fourth-order valence-corrected chi connectivity index (χ4v) is 3.17. The molecule has 2 rings (SSSR count). The minimum Gasteiger partial charge on any atom is -0.452 e. The van der Waals surface area contributed by atoms with E-state index in [-0.39, 0.29) is 15.6 Å². The highest BCUT2D eigenvalue weighted by Gasteiger charge is 2.33. The largest absolute Gasteiger partial charge is 0.452 e. The Bertz CT molecular complexity index is 629. The Morgan fingerprint density at radius 1 is 1.22 bits per heavy atom. The zero-order valence-corrected chi connectivity index (χ0v) is 13.9. The van der Waals surface area contributed by atoms with Crippen LogP contribution in [-0.4, -0.2) is 24.0 Å². The van der Waals surface area contributed by atoms with Crippen molar-refractivity contribution in [3.8, 4) is 6.07 Å². The van der Waals surface area contributed by atoms with E-state index in [0.717, 1.165) is 19.3 Å². The van der Waals surface area contributed by atoms with Gasteiger partial charge < -0.3 is 10.1 Å². The first kappa shape index (κ1) is 17.6. The van der Waals surface area contributed by atoms with Gasteiger partial charge in [-0.05, 0) is 25.0 Å². The first-order chi connectivity index (χ1) is 11.0. The van der Waals surface area contributed by atoms with E-state index >= 15 is 0 Å². The van der Waals surface area contributed by atoms with Gasteiger partial charge in [0, 0.05) is 0 Å². The third-order valence-corrected chi connectivity index (χ3v) is 4.43. The summed E-state index contributed by atoms with van der Waals surface area (Å²) in [6.45, 7) is -0.482. The molecule has 0 atom stereocenters. The fraction of sp³-hybridized carbons (Fsp3) is 0.438. The molecule has 1 aliphatic carbocycles. The van der Waals surface area contributed by atoms with Crippen LogP contribution in [0.5, 0.6) is 0 Å². The highest BCUT2D eigenvalue weighted by molar-refractivity contribution is 6.39. The Morgan fingerprint density at radius 3 is 2.39 bits per heavy atom. The summed E-state index contributed by atoms with van der Waals surface area (Å²) in [4.78, 5) is 24.0. The van der Waals surface area contributed by atoms with Gasteiger partial charge in [0.2, 0.25) is 0 Å². The molecule has 0 radical (unpaired) electrons. The Hall–Kier alpha value is -1.77. The number of ether oxygens (including phenoxy) is 1. The van der Waals surface area contributed by atoms with Crippen LogP contribution >= 0.6 is 23.2 Å². The number of hydrogen-bond donors (Lipinski definition) is 1. The van der Waals surface area contributed by atoms with Gasteiger partial charge in [-0.15, -0.1) is 0 Å². The molecule has 1 N–H and O–H groups in total. The van der Waals surface area contributed by atoms with Crippen molar-refractivity contribution in [2.75, 3.05) is 6.61 Å². The minimum absolute atomic E-state index is 0.0243. The maximum Gasteiger partial charge on any atom is 0.341 e. The lowest BCUT2D eigenvalue weighted by Gasteiger charge is -2.31. The Balaban J connectivity index is 1.94. The monoisotopic (exact) mass is 354 g/mol. The molecular weight excluding hydrogens is 339 g/mol. The second kappa shape index (κ2) is 7.67. The highest BCUT2D eigenvalue weighted by atomic mass is 35.5. The van der Waals surface area contributed by atoms with Gasteiger partial charge in [0.05, 0.1) is 21.7 Å². The van der Waals surface area contributed by atoms with Crippen LogP contribution in [0.15, 0.2) is 18.2 Å². The molecule has 0 unspecified atom stereocenters. The highest BCUT2D eigenvalue weighted by Crippen LogP contribution is 2.28. The Kier molecular flexibility index (Phi) is 5.86. The van der Waals surface area contributed by atoms with Crippen molar-refractivity contribution in [1.29, 1.82) is 5.26 Å². The van der Waals surface area contributed by atoms with E-state index in [1.54, 1.807) is 6.07 Å². The van der Waals surface area contributed by atoms with E-state index in [1.807, 2.05) is 0 Å². The number of esters is 1. The summed E-state index contributed by atoms with van der Waals surface area (Å²) >= 11 is 11.8. The fourth-order valence-electron chi connectivity index (χ4n) is 2.62. The van der Waals surface area contributed by atoms with E-state index in [0.29, 0.717) is 12.8 Å². The molecule has 1 aromatic carbocycles. The zero-order valence-electron chi connectivity index (χ0n) is 12.4. The molecular formula is C16H16Cl2N2O3. The van der Waals surface area contributed by atoms with Gasteiger partial charge in [0.25, 0.3) is 5.91 Å². The molecule has 0 bridgehead atoms.